The molecule has 0 aromatic carbocycles. The van der Waals surface area contributed by atoms with E-state index in [1.165, 1.54) is 37.7 Å². The number of nitrogens with two attached hydrogens (primary N) is 1. The molecule has 1 aromatic heterocycles. The smallest absolute Gasteiger partial charge is 0.125 e. The van der Waals surface area contributed by atoms with Gasteiger partial charge in [0, 0.05) is 0 Å². The van der Waals surface area contributed by atoms with E-state index in [9.17, 15) is 0 Å². The van der Waals surface area contributed by atoms with Gasteiger partial charge in [0.25, 0.3) is 0 Å². The number of furan rings is 1. The van der Waals surface area contributed by atoms with Crippen molar-refractivity contribution >= 4 is 0 Å². The Balaban J connectivity index is 2.10. The van der Waals surface area contributed by atoms with Gasteiger partial charge in [-0.15, -0.1) is 0 Å². The molecule has 0 spiro atoms. The maximum absolute atomic E-state index is 5.74. The Morgan fingerprint density at radius 2 is 2.35 bits per heavy atom. The molecule has 1 saturated carbocycles. The summed E-state index contributed by atoms with van der Waals surface area (Å²) >= 11 is 0. The molecular formula is C14H24N2O. The summed E-state index contributed by atoms with van der Waals surface area (Å²) < 4.78 is 5.60. The summed E-state index contributed by atoms with van der Waals surface area (Å²) in [6.45, 7) is 4.37. The topological polar surface area (TPSA) is 51.2 Å². The minimum absolute atomic E-state index is 0.180. The SMILES string of the molecule is CCC1CCCC(C(NN)c2occc2C)C1. The van der Waals surface area contributed by atoms with Crippen LogP contribution in [0.5, 0.6) is 0 Å². The van der Waals surface area contributed by atoms with Gasteiger partial charge in [0.05, 0.1) is 12.3 Å². The van der Waals surface area contributed by atoms with E-state index in [0.717, 1.165) is 11.7 Å². The van der Waals surface area contributed by atoms with Crippen molar-refractivity contribution in [3.63, 3.8) is 0 Å². The van der Waals surface area contributed by atoms with Crippen LogP contribution in [0.2, 0.25) is 0 Å². The van der Waals surface area contributed by atoms with E-state index in [2.05, 4.69) is 19.3 Å². The second-order valence-electron chi connectivity index (χ2n) is 5.31. The molecule has 96 valence electrons. The molecule has 0 bridgehead atoms. The van der Waals surface area contributed by atoms with Crippen LogP contribution in [-0.4, -0.2) is 0 Å². The van der Waals surface area contributed by atoms with Crippen LogP contribution in [0.1, 0.15) is 56.4 Å². The number of aryl methyl sites for hydroxylation is 1. The van der Waals surface area contributed by atoms with Crippen LogP contribution >= 0.6 is 0 Å². The van der Waals surface area contributed by atoms with Crippen LogP contribution in [0.15, 0.2) is 16.7 Å². The molecule has 1 aliphatic rings. The lowest BCUT2D eigenvalue weighted by Gasteiger charge is -2.33. The predicted octanol–water partition coefficient (Wildman–Crippen LogP) is 3.31. The molecule has 2 rings (SSSR count). The highest BCUT2D eigenvalue weighted by molar-refractivity contribution is 5.19. The Kier molecular flexibility index (Phi) is 4.24. The number of rotatable bonds is 4. The number of hydrogen-bond acceptors (Lipinski definition) is 3. The molecule has 1 heterocycles. The summed E-state index contributed by atoms with van der Waals surface area (Å²) in [7, 11) is 0. The maximum atomic E-state index is 5.74. The summed E-state index contributed by atoms with van der Waals surface area (Å²) in [5, 5.41) is 0. The molecule has 0 aliphatic heterocycles. The second-order valence-corrected chi connectivity index (χ2v) is 5.31. The quantitative estimate of drug-likeness (QED) is 0.623. The lowest BCUT2D eigenvalue weighted by molar-refractivity contribution is 0.193. The third kappa shape index (κ3) is 2.72. The first-order valence-corrected chi connectivity index (χ1v) is 6.76. The van der Waals surface area contributed by atoms with Crippen LogP contribution in [0, 0.1) is 18.8 Å². The molecule has 3 heteroatoms. The van der Waals surface area contributed by atoms with Gasteiger partial charge in [-0.3, -0.25) is 5.84 Å². The lowest BCUT2D eigenvalue weighted by Crippen LogP contribution is -2.36. The molecule has 1 fully saturated rings. The third-order valence-electron chi connectivity index (χ3n) is 4.24. The van der Waals surface area contributed by atoms with Crippen molar-refractivity contribution in [1.29, 1.82) is 0 Å². The Hall–Kier alpha value is -0.800. The van der Waals surface area contributed by atoms with Crippen molar-refractivity contribution in [3.05, 3.63) is 23.7 Å². The number of hydrogen-bond donors (Lipinski definition) is 2. The standard InChI is InChI=1S/C14H24N2O/c1-3-11-5-4-6-12(9-11)13(16-15)14-10(2)7-8-17-14/h7-8,11-13,16H,3-6,9,15H2,1-2H3. The van der Waals surface area contributed by atoms with Gasteiger partial charge >= 0.3 is 0 Å². The van der Waals surface area contributed by atoms with Crippen molar-refractivity contribution in [2.75, 3.05) is 0 Å². The van der Waals surface area contributed by atoms with Gasteiger partial charge in [-0.05, 0) is 43.2 Å². The largest absolute Gasteiger partial charge is 0.467 e. The fourth-order valence-corrected chi connectivity index (χ4v) is 3.14. The van der Waals surface area contributed by atoms with E-state index in [0.29, 0.717) is 5.92 Å². The van der Waals surface area contributed by atoms with Crippen LogP contribution < -0.4 is 11.3 Å². The molecule has 1 aromatic rings. The van der Waals surface area contributed by atoms with E-state index in [4.69, 9.17) is 10.3 Å². The molecule has 3 atom stereocenters. The third-order valence-corrected chi connectivity index (χ3v) is 4.24. The predicted molar refractivity (Wildman–Crippen MR) is 69.2 cm³/mol. The van der Waals surface area contributed by atoms with E-state index < -0.39 is 0 Å². The first kappa shape index (κ1) is 12.7. The van der Waals surface area contributed by atoms with Crippen molar-refractivity contribution < 1.29 is 4.42 Å². The van der Waals surface area contributed by atoms with Gasteiger partial charge in [0.2, 0.25) is 0 Å². The van der Waals surface area contributed by atoms with Crippen molar-refractivity contribution in [2.45, 2.75) is 52.0 Å². The Morgan fingerprint density at radius 1 is 1.53 bits per heavy atom. The monoisotopic (exact) mass is 236 g/mol. The normalized spacial score (nSPS) is 27.0. The zero-order valence-electron chi connectivity index (χ0n) is 10.9. The molecule has 0 radical (unpaired) electrons. The van der Waals surface area contributed by atoms with Crippen molar-refractivity contribution in [2.24, 2.45) is 17.7 Å². The molecule has 3 N–H and O–H groups in total. The zero-order chi connectivity index (χ0) is 12.3. The molecule has 3 nitrogen and oxygen atoms in total. The summed E-state index contributed by atoms with van der Waals surface area (Å²) in [4.78, 5) is 0. The van der Waals surface area contributed by atoms with Gasteiger partial charge in [-0.1, -0.05) is 26.2 Å². The molecular weight excluding hydrogens is 212 g/mol. The maximum Gasteiger partial charge on any atom is 0.125 e. The molecule has 0 saturated heterocycles. The van der Waals surface area contributed by atoms with Gasteiger partial charge in [0.1, 0.15) is 5.76 Å². The van der Waals surface area contributed by atoms with Gasteiger partial charge < -0.3 is 4.42 Å². The average molecular weight is 236 g/mol. The number of hydrazine groups is 1. The van der Waals surface area contributed by atoms with Crippen LogP contribution in [-0.2, 0) is 0 Å². The minimum atomic E-state index is 0.180. The zero-order valence-corrected chi connectivity index (χ0v) is 10.9. The van der Waals surface area contributed by atoms with Crippen LogP contribution in [0.4, 0.5) is 0 Å². The summed E-state index contributed by atoms with van der Waals surface area (Å²) in [5.74, 6) is 8.24. The fraction of sp³-hybridized carbons (Fsp3) is 0.714. The van der Waals surface area contributed by atoms with Gasteiger partial charge in [-0.2, -0.15) is 0 Å². The van der Waals surface area contributed by atoms with Crippen LogP contribution in [0.3, 0.4) is 0 Å². The molecule has 17 heavy (non-hydrogen) atoms. The summed E-state index contributed by atoms with van der Waals surface area (Å²) in [5.41, 5.74) is 4.17. The highest BCUT2D eigenvalue weighted by Crippen LogP contribution is 2.38. The van der Waals surface area contributed by atoms with E-state index >= 15 is 0 Å². The first-order valence-electron chi connectivity index (χ1n) is 6.76. The van der Waals surface area contributed by atoms with Gasteiger partial charge in [-0.25, -0.2) is 5.43 Å². The van der Waals surface area contributed by atoms with Crippen molar-refractivity contribution in [1.82, 2.24) is 5.43 Å². The first-order chi connectivity index (χ1) is 8.26. The van der Waals surface area contributed by atoms with Gasteiger partial charge in [0.15, 0.2) is 0 Å². The fourth-order valence-electron chi connectivity index (χ4n) is 3.14. The second kappa shape index (κ2) is 5.69. The molecule has 3 unspecified atom stereocenters. The van der Waals surface area contributed by atoms with E-state index in [1.807, 2.05) is 6.07 Å². The highest BCUT2D eigenvalue weighted by atomic mass is 16.3. The average Bonchev–Trinajstić information content (AvgIpc) is 2.77. The van der Waals surface area contributed by atoms with Crippen molar-refractivity contribution in [3.8, 4) is 0 Å². The Morgan fingerprint density at radius 3 is 2.94 bits per heavy atom. The lowest BCUT2D eigenvalue weighted by atomic mass is 9.76. The summed E-state index contributed by atoms with van der Waals surface area (Å²) in [6, 6.07) is 2.19. The number of nitrogens with one attached hydrogen (secondary N) is 1. The van der Waals surface area contributed by atoms with Crippen LogP contribution in [0.25, 0.3) is 0 Å². The summed E-state index contributed by atoms with van der Waals surface area (Å²) in [6.07, 6.45) is 8.26. The highest BCUT2D eigenvalue weighted by Gasteiger charge is 2.30. The van der Waals surface area contributed by atoms with E-state index in [-0.39, 0.29) is 6.04 Å². The van der Waals surface area contributed by atoms with E-state index in [1.54, 1.807) is 6.26 Å². The molecule has 1 aliphatic carbocycles. The molecule has 0 amide bonds. The Bertz CT molecular complexity index is 348. The minimum Gasteiger partial charge on any atom is -0.467 e. The Labute approximate surface area is 104 Å².